The van der Waals surface area contributed by atoms with Gasteiger partial charge in [0, 0.05) is 10.9 Å². The summed E-state index contributed by atoms with van der Waals surface area (Å²) in [5.41, 5.74) is 6.35. The SMILES string of the molecule is CCC(N)C(c1cccs1)N1CCC(C(C)O)CC1. The van der Waals surface area contributed by atoms with E-state index in [1.807, 2.05) is 6.92 Å². The van der Waals surface area contributed by atoms with Crippen LogP contribution in [0.2, 0.25) is 0 Å². The molecule has 0 aliphatic carbocycles. The lowest BCUT2D eigenvalue weighted by molar-refractivity contribution is 0.0503. The normalized spacial score (nSPS) is 23.2. The van der Waals surface area contributed by atoms with Crippen molar-refractivity contribution in [3.05, 3.63) is 22.4 Å². The zero-order valence-electron chi connectivity index (χ0n) is 12.0. The predicted octanol–water partition coefficient (Wildman–Crippen LogP) is 2.62. The van der Waals surface area contributed by atoms with Gasteiger partial charge < -0.3 is 10.8 Å². The molecule has 1 fully saturated rings. The summed E-state index contributed by atoms with van der Waals surface area (Å²) < 4.78 is 0. The van der Waals surface area contributed by atoms with Crippen LogP contribution in [0.4, 0.5) is 0 Å². The molecule has 3 atom stereocenters. The van der Waals surface area contributed by atoms with Crippen LogP contribution >= 0.6 is 11.3 Å². The summed E-state index contributed by atoms with van der Waals surface area (Å²) in [6, 6.07) is 4.85. The summed E-state index contributed by atoms with van der Waals surface area (Å²) in [6.07, 6.45) is 2.98. The quantitative estimate of drug-likeness (QED) is 0.873. The first-order valence-electron chi connectivity index (χ1n) is 7.34. The van der Waals surface area contributed by atoms with E-state index in [4.69, 9.17) is 5.73 Å². The van der Waals surface area contributed by atoms with E-state index in [2.05, 4.69) is 29.3 Å². The van der Waals surface area contributed by atoms with Crippen molar-refractivity contribution in [2.75, 3.05) is 13.1 Å². The Kier molecular flexibility index (Phi) is 5.39. The first-order chi connectivity index (χ1) is 9.13. The molecule has 108 valence electrons. The number of piperidine rings is 1. The average Bonchev–Trinajstić information content (AvgIpc) is 2.93. The summed E-state index contributed by atoms with van der Waals surface area (Å²) >= 11 is 1.80. The Hall–Kier alpha value is -0.420. The van der Waals surface area contributed by atoms with E-state index < -0.39 is 0 Å². The van der Waals surface area contributed by atoms with Crippen LogP contribution < -0.4 is 5.73 Å². The summed E-state index contributed by atoms with van der Waals surface area (Å²) in [4.78, 5) is 3.89. The molecule has 1 saturated heterocycles. The fraction of sp³-hybridized carbons (Fsp3) is 0.733. The molecular formula is C15H26N2OS. The maximum absolute atomic E-state index is 9.70. The lowest BCUT2D eigenvalue weighted by atomic mass is 9.90. The molecular weight excluding hydrogens is 256 g/mol. The fourth-order valence-electron chi connectivity index (χ4n) is 3.02. The van der Waals surface area contributed by atoms with E-state index in [9.17, 15) is 5.11 Å². The van der Waals surface area contributed by atoms with Gasteiger partial charge in [-0.15, -0.1) is 11.3 Å². The summed E-state index contributed by atoms with van der Waals surface area (Å²) in [7, 11) is 0. The lowest BCUT2D eigenvalue weighted by Gasteiger charge is -2.40. The molecule has 3 nitrogen and oxygen atoms in total. The number of rotatable bonds is 5. The molecule has 1 aromatic rings. The molecule has 0 spiro atoms. The van der Waals surface area contributed by atoms with Gasteiger partial charge in [0.05, 0.1) is 12.1 Å². The van der Waals surface area contributed by atoms with E-state index in [1.54, 1.807) is 11.3 Å². The highest BCUT2D eigenvalue weighted by Gasteiger charge is 2.31. The van der Waals surface area contributed by atoms with Gasteiger partial charge in [-0.3, -0.25) is 4.90 Å². The molecule has 1 aliphatic heterocycles. The smallest absolute Gasteiger partial charge is 0.0593 e. The summed E-state index contributed by atoms with van der Waals surface area (Å²) in [5.74, 6) is 0.457. The molecule has 3 N–H and O–H groups in total. The Bertz CT molecular complexity index is 358. The number of hydrogen-bond donors (Lipinski definition) is 2. The van der Waals surface area contributed by atoms with Crippen LogP contribution in [0.15, 0.2) is 17.5 Å². The number of nitrogens with two attached hydrogens (primary N) is 1. The van der Waals surface area contributed by atoms with Crippen molar-refractivity contribution in [1.82, 2.24) is 4.90 Å². The van der Waals surface area contributed by atoms with Crippen LogP contribution in [-0.4, -0.2) is 35.2 Å². The molecule has 2 heterocycles. The van der Waals surface area contributed by atoms with Crippen LogP contribution in [0, 0.1) is 5.92 Å². The molecule has 0 aromatic carbocycles. The third-order valence-electron chi connectivity index (χ3n) is 4.36. The van der Waals surface area contributed by atoms with Gasteiger partial charge in [0.25, 0.3) is 0 Å². The standard InChI is InChI=1S/C15H26N2OS/c1-3-13(16)15(14-5-4-10-19-14)17-8-6-12(7-9-17)11(2)18/h4-5,10-13,15,18H,3,6-9,16H2,1-2H3. The van der Waals surface area contributed by atoms with E-state index in [-0.39, 0.29) is 12.1 Å². The van der Waals surface area contributed by atoms with E-state index in [0.29, 0.717) is 12.0 Å². The Morgan fingerprint density at radius 3 is 2.63 bits per heavy atom. The summed E-state index contributed by atoms with van der Waals surface area (Å²) in [6.45, 7) is 6.17. The number of nitrogens with zero attached hydrogens (tertiary/aromatic N) is 1. The molecule has 2 rings (SSSR count). The zero-order valence-corrected chi connectivity index (χ0v) is 12.8. The zero-order chi connectivity index (χ0) is 13.8. The number of aliphatic hydroxyl groups is 1. The lowest BCUT2D eigenvalue weighted by Crippen LogP contribution is -2.45. The van der Waals surface area contributed by atoms with Crippen molar-refractivity contribution >= 4 is 11.3 Å². The maximum atomic E-state index is 9.70. The highest BCUT2D eigenvalue weighted by Crippen LogP contribution is 2.32. The molecule has 0 amide bonds. The Morgan fingerprint density at radius 2 is 2.16 bits per heavy atom. The van der Waals surface area contributed by atoms with Gasteiger partial charge in [-0.05, 0) is 56.6 Å². The minimum absolute atomic E-state index is 0.179. The van der Waals surface area contributed by atoms with Crippen LogP contribution in [0.5, 0.6) is 0 Å². The average molecular weight is 282 g/mol. The Balaban J connectivity index is 2.05. The van der Waals surface area contributed by atoms with Crippen LogP contribution in [-0.2, 0) is 0 Å². The third kappa shape index (κ3) is 3.57. The minimum Gasteiger partial charge on any atom is -0.393 e. The van der Waals surface area contributed by atoms with Crippen LogP contribution in [0.1, 0.15) is 44.0 Å². The molecule has 1 aliphatic rings. The van der Waals surface area contributed by atoms with Gasteiger partial charge in [-0.1, -0.05) is 13.0 Å². The maximum Gasteiger partial charge on any atom is 0.0593 e. The monoisotopic (exact) mass is 282 g/mol. The third-order valence-corrected chi connectivity index (χ3v) is 5.30. The van der Waals surface area contributed by atoms with E-state index in [1.165, 1.54) is 4.88 Å². The van der Waals surface area contributed by atoms with Crippen molar-refractivity contribution in [3.63, 3.8) is 0 Å². The minimum atomic E-state index is -0.179. The number of likely N-dealkylation sites (tertiary alicyclic amines) is 1. The van der Waals surface area contributed by atoms with Gasteiger partial charge in [0.2, 0.25) is 0 Å². The van der Waals surface area contributed by atoms with E-state index >= 15 is 0 Å². The molecule has 1 aromatic heterocycles. The van der Waals surface area contributed by atoms with Crippen molar-refractivity contribution in [2.24, 2.45) is 11.7 Å². The predicted molar refractivity (Wildman–Crippen MR) is 81.3 cm³/mol. The number of thiophene rings is 1. The second-order valence-electron chi connectivity index (χ2n) is 5.65. The van der Waals surface area contributed by atoms with Crippen molar-refractivity contribution in [3.8, 4) is 0 Å². The molecule has 0 saturated carbocycles. The first-order valence-corrected chi connectivity index (χ1v) is 8.22. The Morgan fingerprint density at radius 1 is 1.47 bits per heavy atom. The van der Waals surface area contributed by atoms with Gasteiger partial charge >= 0.3 is 0 Å². The molecule has 19 heavy (non-hydrogen) atoms. The Labute approximate surface area is 120 Å². The number of hydrogen-bond acceptors (Lipinski definition) is 4. The summed E-state index contributed by atoms with van der Waals surface area (Å²) in [5, 5.41) is 11.8. The van der Waals surface area contributed by atoms with Crippen molar-refractivity contribution in [1.29, 1.82) is 0 Å². The second-order valence-corrected chi connectivity index (χ2v) is 6.63. The topological polar surface area (TPSA) is 49.5 Å². The molecule has 4 heteroatoms. The highest BCUT2D eigenvalue weighted by molar-refractivity contribution is 7.10. The molecule has 0 radical (unpaired) electrons. The van der Waals surface area contributed by atoms with Gasteiger partial charge in [-0.2, -0.15) is 0 Å². The number of aliphatic hydroxyl groups excluding tert-OH is 1. The van der Waals surface area contributed by atoms with Gasteiger partial charge in [0.1, 0.15) is 0 Å². The highest BCUT2D eigenvalue weighted by atomic mass is 32.1. The fourth-order valence-corrected chi connectivity index (χ4v) is 3.96. The van der Waals surface area contributed by atoms with E-state index in [0.717, 1.165) is 32.4 Å². The van der Waals surface area contributed by atoms with Crippen LogP contribution in [0.25, 0.3) is 0 Å². The van der Waals surface area contributed by atoms with Crippen LogP contribution in [0.3, 0.4) is 0 Å². The molecule has 0 bridgehead atoms. The first kappa shape index (κ1) is 15.0. The second kappa shape index (κ2) is 6.84. The molecule has 3 unspecified atom stereocenters. The largest absolute Gasteiger partial charge is 0.393 e. The van der Waals surface area contributed by atoms with Crippen molar-refractivity contribution < 1.29 is 5.11 Å². The van der Waals surface area contributed by atoms with Gasteiger partial charge in [0.15, 0.2) is 0 Å². The van der Waals surface area contributed by atoms with Gasteiger partial charge in [-0.25, -0.2) is 0 Å². The van der Waals surface area contributed by atoms with Crippen molar-refractivity contribution in [2.45, 2.75) is 51.3 Å².